The van der Waals surface area contributed by atoms with Crippen LogP contribution in [0.25, 0.3) is 5.76 Å². The Morgan fingerprint density at radius 1 is 1.09 bits per heavy atom. The molecule has 2 saturated heterocycles. The quantitative estimate of drug-likeness (QED) is 0.380. The molecule has 0 spiro atoms. The van der Waals surface area contributed by atoms with Crippen LogP contribution in [0.5, 0.6) is 11.5 Å². The predicted molar refractivity (Wildman–Crippen MR) is 128 cm³/mol. The number of aliphatic hydroxyl groups excluding tert-OH is 1. The van der Waals surface area contributed by atoms with E-state index in [4.69, 9.17) is 14.2 Å². The first-order valence-electron chi connectivity index (χ1n) is 11.3. The van der Waals surface area contributed by atoms with E-state index in [9.17, 15) is 14.7 Å². The Balaban J connectivity index is 1.82. The maximum Gasteiger partial charge on any atom is 0.295 e. The Hall–Kier alpha value is -3.52. The van der Waals surface area contributed by atoms with Crippen molar-refractivity contribution in [3.63, 3.8) is 0 Å². The maximum atomic E-state index is 13.2. The van der Waals surface area contributed by atoms with Crippen LogP contribution in [0.2, 0.25) is 0 Å². The third-order valence-corrected chi connectivity index (χ3v) is 6.35. The van der Waals surface area contributed by atoms with Gasteiger partial charge in [-0.3, -0.25) is 9.59 Å². The van der Waals surface area contributed by atoms with Crippen molar-refractivity contribution in [1.29, 1.82) is 0 Å². The van der Waals surface area contributed by atoms with Gasteiger partial charge in [0, 0.05) is 38.5 Å². The molecule has 180 valence electrons. The van der Waals surface area contributed by atoms with Crippen LogP contribution < -0.4 is 14.4 Å². The topological polar surface area (TPSA) is 88.5 Å². The number of carbonyl (C=O) groups is 2. The van der Waals surface area contributed by atoms with E-state index in [1.54, 1.807) is 18.2 Å². The second-order valence-corrected chi connectivity index (χ2v) is 8.64. The first kappa shape index (κ1) is 23.6. The smallest absolute Gasteiger partial charge is 0.295 e. The molecule has 0 aliphatic carbocycles. The van der Waals surface area contributed by atoms with Gasteiger partial charge < -0.3 is 29.1 Å². The van der Waals surface area contributed by atoms with E-state index in [2.05, 4.69) is 0 Å². The third kappa shape index (κ3) is 4.33. The number of aliphatic hydroxyl groups is 1. The van der Waals surface area contributed by atoms with Gasteiger partial charge in [0.2, 0.25) is 0 Å². The fraction of sp³-hybridized carbons (Fsp3) is 0.385. The van der Waals surface area contributed by atoms with E-state index in [1.807, 2.05) is 43.3 Å². The summed E-state index contributed by atoms with van der Waals surface area (Å²) in [5, 5.41) is 11.3. The minimum atomic E-state index is -0.728. The van der Waals surface area contributed by atoms with Crippen molar-refractivity contribution < 1.29 is 28.9 Å². The van der Waals surface area contributed by atoms with Gasteiger partial charge in [-0.25, -0.2) is 0 Å². The number of likely N-dealkylation sites (tertiary alicyclic amines) is 1. The van der Waals surface area contributed by atoms with Crippen molar-refractivity contribution in [3.8, 4) is 11.5 Å². The zero-order chi connectivity index (χ0) is 24.4. The van der Waals surface area contributed by atoms with E-state index in [0.29, 0.717) is 23.7 Å². The number of nitrogens with zero attached hydrogens (tertiary/aromatic N) is 2. The van der Waals surface area contributed by atoms with Gasteiger partial charge >= 0.3 is 0 Å². The Kier molecular flexibility index (Phi) is 6.79. The van der Waals surface area contributed by atoms with Gasteiger partial charge in [-0.05, 0) is 48.7 Å². The van der Waals surface area contributed by atoms with Crippen molar-refractivity contribution in [2.45, 2.75) is 25.0 Å². The van der Waals surface area contributed by atoms with E-state index in [-0.39, 0.29) is 24.0 Å². The minimum absolute atomic E-state index is 0.0489. The molecule has 0 bridgehead atoms. The fourth-order valence-electron chi connectivity index (χ4n) is 4.52. The number of amides is 1. The number of Topliss-reactive ketones (excluding diaryl/α,β-unsaturated/α-hetero) is 1. The maximum absolute atomic E-state index is 13.2. The molecule has 2 fully saturated rings. The van der Waals surface area contributed by atoms with Crippen LogP contribution >= 0.6 is 0 Å². The van der Waals surface area contributed by atoms with E-state index in [0.717, 1.165) is 24.1 Å². The molecular formula is C26H30N2O6. The van der Waals surface area contributed by atoms with Crippen molar-refractivity contribution in [3.05, 3.63) is 59.2 Å². The number of ketones is 1. The van der Waals surface area contributed by atoms with E-state index < -0.39 is 17.7 Å². The Bertz CT molecular complexity index is 1100. The number of carbonyl (C=O) groups excluding carboxylic acids is 2. The molecule has 4 rings (SSSR count). The molecule has 2 aliphatic rings. The fourth-order valence-corrected chi connectivity index (χ4v) is 4.52. The highest BCUT2D eigenvalue weighted by atomic mass is 16.5. The summed E-state index contributed by atoms with van der Waals surface area (Å²) in [5.41, 5.74) is 2.14. The number of benzene rings is 2. The minimum Gasteiger partial charge on any atom is -0.507 e. The summed E-state index contributed by atoms with van der Waals surface area (Å²) in [6.07, 6.45) is 1.61. The third-order valence-electron chi connectivity index (χ3n) is 6.35. The summed E-state index contributed by atoms with van der Waals surface area (Å²) >= 11 is 0. The SMILES string of the molecule is COc1ccc(/C(O)=C2/C(=O)C(=O)N(CC3CCCO3)C2c2ccc(N(C)C)cc2)cc1OC. The van der Waals surface area contributed by atoms with Crippen LogP contribution in [-0.2, 0) is 14.3 Å². The first-order valence-corrected chi connectivity index (χ1v) is 11.3. The summed E-state index contributed by atoms with van der Waals surface area (Å²) in [6.45, 7) is 0.926. The molecule has 0 aromatic heterocycles. The molecule has 2 aromatic carbocycles. The summed E-state index contributed by atoms with van der Waals surface area (Å²) < 4.78 is 16.4. The Morgan fingerprint density at radius 3 is 2.38 bits per heavy atom. The molecule has 1 N–H and O–H groups in total. The highest BCUT2D eigenvalue weighted by Crippen LogP contribution is 2.41. The van der Waals surface area contributed by atoms with Crippen LogP contribution in [-0.4, -0.2) is 69.3 Å². The lowest BCUT2D eigenvalue weighted by molar-refractivity contribution is -0.140. The van der Waals surface area contributed by atoms with Crippen molar-refractivity contribution >= 4 is 23.1 Å². The average molecular weight is 467 g/mol. The molecule has 2 aliphatic heterocycles. The predicted octanol–water partition coefficient (Wildman–Crippen LogP) is 3.37. The molecule has 0 radical (unpaired) electrons. The van der Waals surface area contributed by atoms with Crippen LogP contribution in [0, 0.1) is 0 Å². The molecule has 8 nitrogen and oxygen atoms in total. The highest BCUT2D eigenvalue weighted by Gasteiger charge is 2.47. The molecule has 2 aromatic rings. The molecule has 2 unspecified atom stereocenters. The van der Waals surface area contributed by atoms with E-state index >= 15 is 0 Å². The van der Waals surface area contributed by atoms with Gasteiger partial charge in [0.1, 0.15) is 5.76 Å². The van der Waals surface area contributed by atoms with Gasteiger partial charge in [-0.15, -0.1) is 0 Å². The summed E-state index contributed by atoms with van der Waals surface area (Å²) in [6, 6.07) is 11.8. The number of ether oxygens (including phenoxy) is 3. The molecular weight excluding hydrogens is 436 g/mol. The molecule has 1 amide bonds. The second kappa shape index (κ2) is 9.77. The normalized spacial score (nSPS) is 21.7. The lowest BCUT2D eigenvalue weighted by atomic mass is 9.94. The van der Waals surface area contributed by atoms with Gasteiger partial charge in [-0.2, -0.15) is 0 Å². The Morgan fingerprint density at radius 2 is 1.79 bits per heavy atom. The number of hydrogen-bond acceptors (Lipinski definition) is 7. The number of rotatable bonds is 7. The van der Waals surface area contributed by atoms with Crippen molar-refractivity contribution in [2.24, 2.45) is 0 Å². The number of methoxy groups -OCH3 is 2. The largest absolute Gasteiger partial charge is 0.507 e. The van der Waals surface area contributed by atoms with Gasteiger partial charge in [0.05, 0.1) is 31.9 Å². The van der Waals surface area contributed by atoms with Gasteiger partial charge in [0.25, 0.3) is 11.7 Å². The van der Waals surface area contributed by atoms with Crippen LogP contribution in [0.15, 0.2) is 48.0 Å². The second-order valence-electron chi connectivity index (χ2n) is 8.64. The van der Waals surface area contributed by atoms with Crippen LogP contribution in [0.4, 0.5) is 5.69 Å². The van der Waals surface area contributed by atoms with Gasteiger partial charge in [-0.1, -0.05) is 12.1 Å². The lowest BCUT2D eigenvalue weighted by Crippen LogP contribution is -2.36. The van der Waals surface area contributed by atoms with Gasteiger partial charge in [0.15, 0.2) is 11.5 Å². The summed E-state index contributed by atoms with van der Waals surface area (Å²) in [5.74, 6) is -0.706. The standard InChI is InChI=1S/C26H30N2O6/c1-27(2)18-10-7-16(8-11-18)23-22(24(29)17-9-12-20(32-3)21(14-17)33-4)25(30)26(31)28(23)15-19-6-5-13-34-19/h7-12,14,19,23,29H,5-6,13,15H2,1-4H3/b24-22-. The number of anilines is 1. The monoisotopic (exact) mass is 466 g/mol. The molecule has 0 saturated carbocycles. The lowest BCUT2D eigenvalue weighted by Gasteiger charge is -2.28. The first-order chi connectivity index (χ1) is 16.3. The summed E-state index contributed by atoms with van der Waals surface area (Å²) in [7, 11) is 6.89. The highest BCUT2D eigenvalue weighted by molar-refractivity contribution is 6.46. The molecule has 2 heterocycles. The van der Waals surface area contributed by atoms with E-state index in [1.165, 1.54) is 19.1 Å². The molecule has 8 heteroatoms. The zero-order valence-corrected chi connectivity index (χ0v) is 19.9. The van der Waals surface area contributed by atoms with Crippen molar-refractivity contribution in [2.75, 3.05) is 46.4 Å². The molecule has 2 atom stereocenters. The summed E-state index contributed by atoms with van der Waals surface area (Å²) in [4.78, 5) is 29.9. The van der Waals surface area contributed by atoms with Crippen molar-refractivity contribution in [1.82, 2.24) is 4.90 Å². The molecule has 34 heavy (non-hydrogen) atoms. The Labute approximate surface area is 199 Å². The average Bonchev–Trinajstić information content (AvgIpc) is 3.45. The zero-order valence-electron chi connectivity index (χ0n) is 19.9. The number of hydrogen-bond donors (Lipinski definition) is 1. The van der Waals surface area contributed by atoms with Crippen LogP contribution in [0.3, 0.4) is 0 Å². The van der Waals surface area contributed by atoms with Crippen LogP contribution in [0.1, 0.15) is 30.0 Å².